The van der Waals surface area contributed by atoms with E-state index in [-0.39, 0.29) is 10.7 Å². The van der Waals surface area contributed by atoms with Gasteiger partial charge in [-0.05, 0) is 18.6 Å². The molecule has 0 fully saturated rings. The number of aldehydes is 1. The van der Waals surface area contributed by atoms with Gasteiger partial charge in [0.2, 0.25) is 0 Å². The fraction of sp³-hybridized carbons (Fsp3) is 0.929. The van der Waals surface area contributed by atoms with Crippen molar-refractivity contribution in [1.29, 1.82) is 0 Å². The van der Waals surface area contributed by atoms with E-state index in [9.17, 15) is 4.79 Å². The first-order chi connectivity index (χ1) is 7.52. The van der Waals surface area contributed by atoms with Gasteiger partial charge in [-0.25, -0.2) is 0 Å². The lowest BCUT2D eigenvalue weighted by atomic mass is 9.99. The summed E-state index contributed by atoms with van der Waals surface area (Å²) in [4.78, 5) is 10.6. The van der Waals surface area contributed by atoms with Crippen LogP contribution in [0, 0.1) is 5.92 Å². The standard InChI is InChI=1S/C14H28OS/c1-5-6-7-8-9-10-16-14(3,4)11-13(2)12-15/h12-13H,5-11H2,1-4H3. The Labute approximate surface area is 106 Å². The molecule has 0 aliphatic rings. The van der Waals surface area contributed by atoms with Crippen molar-refractivity contribution in [2.45, 2.75) is 71.0 Å². The SMILES string of the molecule is CCCCCCCSC(C)(C)CC(C)C=O. The highest BCUT2D eigenvalue weighted by atomic mass is 32.2. The second kappa shape index (κ2) is 9.09. The summed E-state index contributed by atoms with van der Waals surface area (Å²) < 4.78 is 0.255. The zero-order chi connectivity index (χ0) is 12.4. The molecule has 1 atom stereocenters. The Morgan fingerprint density at radius 1 is 1.19 bits per heavy atom. The van der Waals surface area contributed by atoms with Crippen molar-refractivity contribution in [1.82, 2.24) is 0 Å². The first-order valence-corrected chi connectivity index (χ1v) is 7.59. The third-order valence-corrected chi connectivity index (χ3v) is 4.23. The summed E-state index contributed by atoms with van der Waals surface area (Å²) in [7, 11) is 0. The van der Waals surface area contributed by atoms with Crippen LogP contribution in [0.2, 0.25) is 0 Å². The lowest BCUT2D eigenvalue weighted by Gasteiger charge is -2.25. The molecule has 0 amide bonds. The molecule has 0 saturated carbocycles. The predicted molar refractivity (Wildman–Crippen MR) is 75.1 cm³/mol. The topological polar surface area (TPSA) is 17.1 Å². The van der Waals surface area contributed by atoms with Crippen LogP contribution < -0.4 is 0 Å². The van der Waals surface area contributed by atoms with E-state index in [1.807, 2.05) is 18.7 Å². The largest absolute Gasteiger partial charge is 0.303 e. The zero-order valence-electron chi connectivity index (χ0n) is 11.4. The number of hydrogen-bond acceptors (Lipinski definition) is 2. The molecule has 0 N–H and O–H groups in total. The van der Waals surface area contributed by atoms with Crippen LogP contribution in [0.25, 0.3) is 0 Å². The number of thioether (sulfide) groups is 1. The van der Waals surface area contributed by atoms with Crippen LogP contribution in [0.1, 0.15) is 66.2 Å². The maximum absolute atomic E-state index is 10.6. The zero-order valence-corrected chi connectivity index (χ0v) is 12.2. The van der Waals surface area contributed by atoms with E-state index in [1.165, 1.54) is 37.9 Å². The van der Waals surface area contributed by atoms with Crippen molar-refractivity contribution >= 4 is 18.0 Å². The second-order valence-electron chi connectivity index (χ2n) is 5.34. The van der Waals surface area contributed by atoms with Crippen LogP contribution in [0.15, 0.2) is 0 Å². The van der Waals surface area contributed by atoms with Gasteiger partial charge in [0.1, 0.15) is 6.29 Å². The van der Waals surface area contributed by atoms with Crippen LogP contribution in [0.4, 0.5) is 0 Å². The van der Waals surface area contributed by atoms with E-state index < -0.39 is 0 Å². The number of carbonyl (C=O) groups is 1. The van der Waals surface area contributed by atoms with Gasteiger partial charge in [0.25, 0.3) is 0 Å². The average Bonchev–Trinajstić information content (AvgIpc) is 2.22. The van der Waals surface area contributed by atoms with Crippen LogP contribution in [0.5, 0.6) is 0 Å². The van der Waals surface area contributed by atoms with Crippen LogP contribution >= 0.6 is 11.8 Å². The van der Waals surface area contributed by atoms with E-state index in [1.54, 1.807) is 0 Å². The average molecular weight is 244 g/mol. The van der Waals surface area contributed by atoms with E-state index >= 15 is 0 Å². The van der Waals surface area contributed by atoms with Gasteiger partial charge in [0.15, 0.2) is 0 Å². The van der Waals surface area contributed by atoms with Gasteiger partial charge in [-0.2, -0.15) is 11.8 Å². The van der Waals surface area contributed by atoms with Crippen LogP contribution in [-0.2, 0) is 4.79 Å². The Hall–Kier alpha value is 0.0200. The molecule has 96 valence electrons. The van der Waals surface area contributed by atoms with E-state index in [4.69, 9.17) is 0 Å². The fourth-order valence-electron chi connectivity index (χ4n) is 1.94. The minimum Gasteiger partial charge on any atom is -0.303 e. The Morgan fingerprint density at radius 3 is 2.38 bits per heavy atom. The quantitative estimate of drug-likeness (QED) is 0.409. The van der Waals surface area contributed by atoms with Gasteiger partial charge in [-0.15, -0.1) is 0 Å². The van der Waals surface area contributed by atoms with Crippen LogP contribution in [0.3, 0.4) is 0 Å². The molecule has 0 bridgehead atoms. The lowest BCUT2D eigenvalue weighted by Crippen LogP contribution is -2.20. The maximum Gasteiger partial charge on any atom is 0.122 e. The third kappa shape index (κ3) is 9.26. The molecule has 0 saturated heterocycles. The Bertz CT molecular complexity index is 178. The maximum atomic E-state index is 10.6. The van der Waals surface area contributed by atoms with Gasteiger partial charge in [0, 0.05) is 10.7 Å². The number of hydrogen-bond donors (Lipinski definition) is 0. The van der Waals surface area contributed by atoms with Gasteiger partial charge < -0.3 is 4.79 Å². The highest BCUT2D eigenvalue weighted by Gasteiger charge is 2.20. The molecule has 1 unspecified atom stereocenters. The van der Waals surface area contributed by atoms with Crippen molar-refractivity contribution in [2.24, 2.45) is 5.92 Å². The summed E-state index contributed by atoms with van der Waals surface area (Å²) in [5.74, 6) is 1.44. The highest BCUT2D eigenvalue weighted by Crippen LogP contribution is 2.31. The Morgan fingerprint density at radius 2 is 1.81 bits per heavy atom. The molecule has 0 rings (SSSR count). The summed E-state index contributed by atoms with van der Waals surface area (Å²) in [5, 5.41) is 0. The smallest absolute Gasteiger partial charge is 0.122 e. The van der Waals surface area contributed by atoms with Gasteiger partial charge in [-0.1, -0.05) is 53.4 Å². The molecule has 0 aromatic rings. The van der Waals surface area contributed by atoms with E-state index in [2.05, 4.69) is 20.8 Å². The molecule has 0 spiro atoms. The second-order valence-corrected chi connectivity index (χ2v) is 7.14. The van der Waals surface area contributed by atoms with E-state index in [0.717, 1.165) is 12.7 Å². The summed E-state index contributed by atoms with van der Waals surface area (Å²) in [6, 6.07) is 0. The molecule has 0 aliphatic heterocycles. The molecule has 16 heavy (non-hydrogen) atoms. The third-order valence-electron chi connectivity index (χ3n) is 2.79. The molecule has 0 radical (unpaired) electrons. The number of rotatable bonds is 10. The molecule has 0 aliphatic carbocycles. The Balaban J connectivity index is 3.53. The molecular weight excluding hydrogens is 216 g/mol. The van der Waals surface area contributed by atoms with Gasteiger partial charge in [0.05, 0.1) is 0 Å². The Kier molecular flexibility index (Phi) is 9.10. The minimum absolute atomic E-state index is 0.197. The van der Waals surface area contributed by atoms with Crippen molar-refractivity contribution in [3.63, 3.8) is 0 Å². The molecule has 0 aromatic heterocycles. The molecule has 0 aromatic carbocycles. The molecule has 1 nitrogen and oxygen atoms in total. The van der Waals surface area contributed by atoms with Crippen molar-refractivity contribution < 1.29 is 4.79 Å². The molecule has 0 heterocycles. The van der Waals surface area contributed by atoms with Crippen molar-refractivity contribution in [2.75, 3.05) is 5.75 Å². The first-order valence-electron chi connectivity index (χ1n) is 6.61. The summed E-state index contributed by atoms with van der Waals surface area (Å²) in [6.07, 6.45) is 8.82. The summed E-state index contributed by atoms with van der Waals surface area (Å²) >= 11 is 2.02. The van der Waals surface area contributed by atoms with Crippen molar-refractivity contribution in [3.05, 3.63) is 0 Å². The number of carbonyl (C=O) groups excluding carboxylic acids is 1. The molecule has 2 heteroatoms. The van der Waals surface area contributed by atoms with Gasteiger partial charge >= 0.3 is 0 Å². The predicted octanol–water partition coefficient (Wildman–Crippen LogP) is 4.69. The van der Waals surface area contributed by atoms with Gasteiger partial charge in [-0.3, -0.25) is 0 Å². The number of unbranched alkanes of at least 4 members (excludes halogenated alkanes) is 4. The van der Waals surface area contributed by atoms with Crippen LogP contribution in [-0.4, -0.2) is 16.8 Å². The fourth-order valence-corrected chi connectivity index (χ4v) is 3.22. The molecular formula is C14H28OS. The summed E-state index contributed by atoms with van der Waals surface area (Å²) in [5.41, 5.74) is 0. The highest BCUT2D eigenvalue weighted by molar-refractivity contribution is 8.00. The lowest BCUT2D eigenvalue weighted by molar-refractivity contribution is -0.110. The normalized spacial score (nSPS) is 13.8. The minimum atomic E-state index is 0.197. The van der Waals surface area contributed by atoms with E-state index in [0.29, 0.717) is 0 Å². The van der Waals surface area contributed by atoms with Crippen molar-refractivity contribution in [3.8, 4) is 0 Å². The summed E-state index contributed by atoms with van der Waals surface area (Å²) in [6.45, 7) is 8.77. The first kappa shape index (κ1) is 16.0. The monoisotopic (exact) mass is 244 g/mol.